The van der Waals surface area contributed by atoms with Crippen LogP contribution < -0.4 is 10.5 Å². The molecule has 24 heavy (non-hydrogen) atoms. The second-order valence-corrected chi connectivity index (χ2v) is 6.21. The van der Waals surface area contributed by atoms with Crippen LogP contribution in [0.1, 0.15) is 5.56 Å². The molecule has 0 aliphatic carbocycles. The third kappa shape index (κ3) is 3.95. The Hall–Kier alpha value is -2.77. The number of hydrogen-bond donors (Lipinski definition) is 3. The molecule has 4 N–H and O–H groups in total. The highest BCUT2D eigenvalue weighted by molar-refractivity contribution is 7.81. The van der Waals surface area contributed by atoms with Crippen molar-refractivity contribution in [2.24, 2.45) is 5.14 Å². The molecule has 0 aliphatic rings. The van der Waals surface area contributed by atoms with Crippen molar-refractivity contribution in [1.29, 1.82) is 0 Å². The highest BCUT2D eigenvalue weighted by atomic mass is 32.2. The number of nitrogens with zero attached hydrogens (tertiary/aromatic N) is 2. The number of anilines is 2. The molecule has 122 valence electrons. The number of hydrogen-bond acceptors (Lipinski definition) is 5. The van der Waals surface area contributed by atoms with Gasteiger partial charge in [0.1, 0.15) is 17.9 Å². The fourth-order valence-electron chi connectivity index (χ4n) is 2.31. The largest absolute Gasteiger partial charge is 0.507 e. The molecule has 0 radical (unpaired) electrons. The molecular formula is C17H16N4O2S. The van der Waals surface area contributed by atoms with Gasteiger partial charge in [-0.05, 0) is 29.8 Å². The first-order valence-corrected chi connectivity index (χ1v) is 8.59. The second-order valence-electron chi connectivity index (χ2n) is 5.16. The molecule has 0 fully saturated rings. The molecule has 0 bridgehead atoms. The van der Waals surface area contributed by atoms with E-state index in [1.165, 1.54) is 6.33 Å². The van der Waals surface area contributed by atoms with Gasteiger partial charge >= 0.3 is 0 Å². The Bertz CT molecular complexity index is 886. The fraction of sp³-hybridized carbons (Fsp3) is 0.0588. The minimum absolute atomic E-state index is 0.162. The van der Waals surface area contributed by atoms with E-state index in [-0.39, 0.29) is 5.75 Å². The molecule has 0 amide bonds. The number of rotatable bonds is 5. The molecule has 1 atom stereocenters. The molecular weight excluding hydrogens is 324 g/mol. The zero-order valence-electron chi connectivity index (χ0n) is 12.7. The van der Waals surface area contributed by atoms with Gasteiger partial charge in [0.05, 0.1) is 22.4 Å². The molecule has 1 aromatic heterocycles. The van der Waals surface area contributed by atoms with Gasteiger partial charge in [-0.2, -0.15) is 0 Å². The number of aromatic nitrogens is 2. The minimum Gasteiger partial charge on any atom is -0.507 e. The first kappa shape index (κ1) is 16.1. The van der Waals surface area contributed by atoms with E-state index in [2.05, 4.69) is 15.3 Å². The van der Waals surface area contributed by atoms with Crippen LogP contribution in [0.25, 0.3) is 11.3 Å². The normalized spacial score (nSPS) is 11.9. The van der Waals surface area contributed by atoms with Crippen LogP contribution in [0.15, 0.2) is 60.9 Å². The van der Waals surface area contributed by atoms with Gasteiger partial charge in [0.25, 0.3) is 0 Å². The fourth-order valence-corrected chi connectivity index (χ4v) is 2.82. The molecule has 0 saturated carbocycles. The molecule has 6 nitrogen and oxygen atoms in total. The average molecular weight is 340 g/mol. The number of nitrogens with one attached hydrogen (secondary N) is 1. The third-order valence-corrected chi connectivity index (χ3v) is 3.97. The molecule has 0 aliphatic heterocycles. The van der Waals surface area contributed by atoms with Crippen LogP contribution in [0.5, 0.6) is 5.75 Å². The standard InChI is InChI=1S/C17H16N4O2S/c18-24(23)10-12-4-3-5-13(8-12)21-17-9-15(19-11-20-17)14-6-1-2-7-16(14)22/h1-9,11,22H,10,18H2,(H,19,20,21). The van der Waals surface area contributed by atoms with Gasteiger partial charge in [0.2, 0.25) is 0 Å². The van der Waals surface area contributed by atoms with Crippen molar-refractivity contribution in [3.8, 4) is 17.0 Å². The lowest BCUT2D eigenvalue weighted by Crippen LogP contribution is -2.05. The van der Waals surface area contributed by atoms with E-state index in [9.17, 15) is 9.32 Å². The minimum atomic E-state index is -1.38. The Morgan fingerprint density at radius 2 is 1.92 bits per heavy atom. The van der Waals surface area contributed by atoms with Crippen LogP contribution in [0, 0.1) is 0 Å². The molecule has 2 aromatic carbocycles. The maximum Gasteiger partial charge on any atom is 0.134 e. The summed E-state index contributed by atoms with van der Waals surface area (Å²) in [5.41, 5.74) is 2.93. The first-order valence-electron chi connectivity index (χ1n) is 7.21. The van der Waals surface area contributed by atoms with Crippen molar-refractivity contribution in [3.63, 3.8) is 0 Å². The molecule has 1 heterocycles. The Kier molecular flexibility index (Phi) is 4.83. The monoisotopic (exact) mass is 340 g/mol. The van der Waals surface area contributed by atoms with Crippen LogP contribution >= 0.6 is 0 Å². The zero-order valence-corrected chi connectivity index (χ0v) is 13.5. The predicted molar refractivity (Wildman–Crippen MR) is 94.9 cm³/mol. The van der Waals surface area contributed by atoms with Crippen molar-refractivity contribution < 1.29 is 9.32 Å². The summed E-state index contributed by atoms with van der Waals surface area (Å²) in [5, 5.41) is 18.5. The van der Waals surface area contributed by atoms with Crippen molar-refractivity contribution in [3.05, 3.63) is 66.5 Å². The lowest BCUT2D eigenvalue weighted by molar-refractivity contribution is 0.477. The summed E-state index contributed by atoms with van der Waals surface area (Å²) in [5.74, 6) is 1.05. The van der Waals surface area contributed by atoms with Crippen LogP contribution in [0.4, 0.5) is 11.5 Å². The summed E-state index contributed by atoms with van der Waals surface area (Å²) < 4.78 is 11.1. The molecule has 7 heteroatoms. The second kappa shape index (κ2) is 7.20. The highest BCUT2D eigenvalue weighted by Crippen LogP contribution is 2.28. The van der Waals surface area contributed by atoms with E-state index < -0.39 is 11.0 Å². The van der Waals surface area contributed by atoms with Gasteiger partial charge in [-0.3, -0.25) is 5.14 Å². The average Bonchev–Trinajstić information content (AvgIpc) is 2.55. The molecule has 3 rings (SSSR count). The van der Waals surface area contributed by atoms with E-state index in [0.29, 0.717) is 22.8 Å². The van der Waals surface area contributed by atoms with E-state index >= 15 is 0 Å². The molecule has 0 spiro atoms. The van der Waals surface area contributed by atoms with E-state index in [4.69, 9.17) is 5.14 Å². The maximum absolute atomic E-state index is 11.1. The number of benzene rings is 2. The topological polar surface area (TPSA) is 101 Å². The van der Waals surface area contributed by atoms with Gasteiger partial charge in [0, 0.05) is 17.3 Å². The number of para-hydroxylation sites is 1. The molecule has 3 aromatic rings. The molecule has 0 saturated heterocycles. The summed E-state index contributed by atoms with van der Waals surface area (Å²) in [7, 11) is -1.38. The van der Waals surface area contributed by atoms with Crippen molar-refractivity contribution in [2.45, 2.75) is 5.75 Å². The maximum atomic E-state index is 11.1. The zero-order chi connectivity index (χ0) is 16.9. The van der Waals surface area contributed by atoms with Crippen molar-refractivity contribution in [1.82, 2.24) is 9.97 Å². The Labute approximate surface area is 142 Å². The van der Waals surface area contributed by atoms with Crippen LogP contribution in [-0.4, -0.2) is 19.3 Å². The van der Waals surface area contributed by atoms with Crippen LogP contribution in [-0.2, 0) is 16.7 Å². The van der Waals surface area contributed by atoms with Gasteiger partial charge in [-0.25, -0.2) is 14.2 Å². The summed E-state index contributed by atoms with van der Waals surface area (Å²) in [6, 6.07) is 16.2. The van der Waals surface area contributed by atoms with E-state index in [0.717, 1.165) is 11.3 Å². The molecule has 1 unspecified atom stereocenters. The number of aromatic hydroxyl groups is 1. The van der Waals surface area contributed by atoms with Crippen LogP contribution in [0.2, 0.25) is 0 Å². The lowest BCUT2D eigenvalue weighted by Gasteiger charge is -2.09. The van der Waals surface area contributed by atoms with Gasteiger partial charge < -0.3 is 10.4 Å². The Morgan fingerprint density at radius 3 is 2.71 bits per heavy atom. The van der Waals surface area contributed by atoms with E-state index in [1.54, 1.807) is 24.3 Å². The Morgan fingerprint density at radius 1 is 1.08 bits per heavy atom. The summed E-state index contributed by atoms with van der Waals surface area (Å²) in [6.07, 6.45) is 1.43. The highest BCUT2D eigenvalue weighted by Gasteiger charge is 2.07. The first-order chi connectivity index (χ1) is 11.6. The number of phenolic OH excluding ortho intramolecular Hbond substituents is 1. The third-order valence-electron chi connectivity index (χ3n) is 3.36. The van der Waals surface area contributed by atoms with Gasteiger partial charge in [0.15, 0.2) is 0 Å². The number of phenols is 1. The van der Waals surface area contributed by atoms with E-state index in [1.807, 2.05) is 30.3 Å². The number of nitrogens with two attached hydrogens (primary N) is 1. The smallest absolute Gasteiger partial charge is 0.134 e. The lowest BCUT2D eigenvalue weighted by atomic mass is 10.1. The summed E-state index contributed by atoms with van der Waals surface area (Å²) in [6.45, 7) is 0. The van der Waals surface area contributed by atoms with Crippen molar-refractivity contribution in [2.75, 3.05) is 5.32 Å². The quantitative estimate of drug-likeness (QED) is 0.663. The Balaban J connectivity index is 1.85. The SMILES string of the molecule is NS(=O)Cc1cccc(Nc2cc(-c3ccccc3O)ncn2)c1. The van der Waals surface area contributed by atoms with Gasteiger partial charge in [-0.1, -0.05) is 24.3 Å². The van der Waals surface area contributed by atoms with Crippen molar-refractivity contribution >= 4 is 22.5 Å². The van der Waals surface area contributed by atoms with Gasteiger partial charge in [-0.15, -0.1) is 0 Å². The summed E-state index contributed by atoms with van der Waals surface area (Å²) in [4.78, 5) is 8.39. The predicted octanol–water partition coefficient (Wildman–Crippen LogP) is 2.72. The van der Waals surface area contributed by atoms with Crippen LogP contribution in [0.3, 0.4) is 0 Å². The summed E-state index contributed by atoms with van der Waals surface area (Å²) >= 11 is 0.